The van der Waals surface area contributed by atoms with Gasteiger partial charge in [0.05, 0.1) is 22.6 Å². The molecule has 3 aromatic heterocycles. The summed E-state index contributed by atoms with van der Waals surface area (Å²) in [5.74, 6) is 0.718. The second-order valence-electron chi connectivity index (χ2n) is 15.2. The predicted octanol–water partition coefficient (Wildman–Crippen LogP) is 14.0. The van der Waals surface area contributed by atoms with Crippen molar-refractivity contribution in [2.75, 3.05) is 0 Å². The highest BCUT2D eigenvalue weighted by atomic mass is 32.1. The Labute approximate surface area is 329 Å². The number of fused-ring (bicyclic) bond motifs is 8. The molecule has 0 saturated heterocycles. The molecule has 56 heavy (non-hydrogen) atoms. The zero-order valence-electron chi connectivity index (χ0n) is 31.0. The number of para-hydroxylation sites is 1. The van der Waals surface area contributed by atoms with Gasteiger partial charge in [-0.05, 0) is 63.7 Å². The summed E-state index contributed by atoms with van der Waals surface area (Å²) >= 11 is 1.85. The fourth-order valence-corrected chi connectivity index (χ4v) is 9.82. The van der Waals surface area contributed by atoms with Crippen LogP contribution in [-0.2, 0) is 5.41 Å². The van der Waals surface area contributed by atoms with Gasteiger partial charge in [-0.3, -0.25) is 0 Å². The molecular weight excluding hydrogens is 699 g/mol. The van der Waals surface area contributed by atoms with Crippen LogP contribution in [0.15, 0.2) is 176 Å². The third kappa shape index (κ3) is 5.21. The van der Waals surface area contributed by atoms with Crippen molar-refractivity contribution in [3.05, 3.63) is 187 Å². The number of benzene rings is 7. The van der Waals surface area contributed by atoms with Crippen LogP contribution in [0.4, 0.5) is 0 Å². The fraction of sp³-hybridized carbons (Fsp3) is 0.0577. The van der Waals surface area contributed by atoms with Crippen molar-refractivity contribution in [1.29, 1.82) is 0 Å². The average molecular weight is 734 g/mol. The molecule has 0 N–H and O–H groups in total. The van der Waals surface area contributed by atoms with E-state index in [4.69, 9.17) is 15.0 Å². The second kappa shape index (κ2) is 12.7. The molecule has 0 unspecified atom stereocenters. The number of aromatic nitrogens is 3. The summed E-state index contributed by atoms with van der Waals surface area (Å²) in [6, 6.07) is 62.8. The first-order chi connectivity index (χ1) is 27.5. The van der Waals surface area contributed by atoms with Crippen molar-refractivity contribution in [1.82, 2.24) is 15.0 Å². The lowest BCUT2D eigenvalue weighted by atomic mass is 9.82. The molecule has 0 saturated carbocycles. The van der Waals surface area contributed by atoms with Crippen molar-refractivity contribution < 1.29 is 0 Å². The lowest BCUT2D eigenvalue weighted by Crippen LogP contribution is -2.14. The zero-order valence-corrected chi connectivity index (χ0v) is 31.8. The summed E-state index contributed by atoms with van der Waals surface area (Å²) in [5.41, 5.74) is 15.7. The van der Waals surface area contributed by atoms with Gasteiger partial charge in [-0.1, -0.05) is 159 Å². The SMILES string of the molecule is CC1(C)c2ccccc2-c2ccc(-c3cc(-c4ccc(-c5ccc6sc7c8ccccc8nc(-c8ccccc8)c7c6c5)cc4)nc(-c4ccccc4)n3)cc21. The first-order valence-corrected chi connectivity index (χ1v) is 19.9. The Morgan fingerprint density at radius 3 is 1.86 bits per heavy atom. The molecular formula is C52H35N3S. The first-order valence-electron chi connectivity index (χ1n) is 19.1. The molecule has 0 bridgehead atoms. The molecule has 0 aliphatic heterocycles. The van der Waals surface area contributed by atoms with Crippen LogP contribution in [0.5, 0.6) is 0 Å². The molecule has 1 aliphatic carbocycles. The molecule has 0 atom stereocenters. The van der Waals surface area contributed by atoms with Gasteiger partial charge in [0.2, 0.25) is 0 Å². The van der Waals surface area contributed by atoms with E-state index in [9.17, 15) is 0 Å². The first kappa shape index (κ1) is 32.7. The monoisotopic (exact) mass is 733 g/mol. The minimum Gasteiger partial charge on any atom is -0.247 e. The van der Waals surface area contributed by atoms with E-state index in [1.54, 1.807) is 0 Å². The van der Waals surface area contributed by atoms with Gasteiger partial charge in [0.1, 0.15) is 0 Å². The van der Waals surface area contributed by atoms with Crippen LogP contribution in [-0.4, -0.2) is 15.0 Å². The Hall–Kier alpha value is -6.75. The Balaban J connectivity index is 1.01. The van der Waals surface area contributed by atoms with Crippen molar-refractivity contribution in [2.24, 2.45) is 0 Å². The van der Waals surface area contributed by atoms with Crippen LogP contribution < -0.4 is 0 Å². The topological polar surface area (TPSA) is 38.7 Å². The van der Waals surface area contributed by atoms with E-state index in [0.29, 0.717) is 0 Å². The number of hydrogen-bond acceptors (Lipinski definition) is 4. The molecule has 0 spiro atoms. The summed E-state index contributed by atoms with van der Waals surface area (Å²) in [7, 11) is 0. The molecule has 1 aliphatic rings. The van der Waals surface area contributed by atoms with Gasteiger partial charge in [0.15, 0.2) is 5.82 Å². The minimum atomic E-state index is -0.0956. The van der Waals surface area contributed by atoms with Crippen LogP contribution >= 0.6 is 11.3 Å². The minimum absolute atomic E-state index is 0.0956. The van der Waals surface area contributed by atoms with Crippen LogP contribution in [0.1, 0.15) is 25.0 Å². The molecule has 0 fully saturated rings. The van der Waals surface area contributed by atoms with Gasteiger partial charge in [0, 0.05) is 53.2 Å². The molecule has 264 valence electrons. The number of hydrogen-bond donors (Lipinski definition) is 0. The lowest BCUT2D eigenvalue weighted by Gasteiger charge is -2.22. The van der Waals surface area contributed by atoms with Crippen molar-refractivity contribution in [2.45, 2.75) is 19.3 Å². The predicted molar refractivity (Wildman–Crippen MR) is 235 cm³/mol. The molecule has 11 rings (SSSR count). The third-order valence-electron chi connectivity index (χ3n) is 11.5. The average Bonchev–Trinajstić information content (AvgIpc) is 3.76. The maximum Gasteiger partial charge on any atom is 0.160 e. The molecule has 3 nitrogen and oxygen atoms in total. The van der Waals surface area contributed by atoms with Crippen LogP contribution in [0.25, 0.3) is 98.5 Å². The summed E-state index contributed by atoms with van der Waals surface area (Å²) in [4.78, 5) is 15.5. The fourth-order valence-electron chi connectivity index (χ4n) is 8.60. The lowest BCUT2D eigenvalue weighted by molar-refractivity contribution is 0.660. The largest absolute Gasteiger partial charge is 0.247 e. The van der Waals surface area contributed by atoms with Crippen molar-refractivity contribution in [3.8, 4) is 67.4 Å². The van der Waals surface area contributed by atoms with Crippen LogP contribution in [0.2, 0.25) is 0 Å². The zero-order chi connectivity index (χ0) is 37.4. The highest BCUT2D eigenvalue weighted by molar-refractivity contribution is 7.26. The van der Waals surface area contributed by atoms with Gasteiger partial charge in [-0.15, -0.1) is 11.3 Å². The van der Waals surface area contributed by atoms with E-state index in [1.807, 2.05) is 29.5 Å². The van der Waals surface area contributed by atoms with E-state index < -0.39 is 0 Å². The molecule has 0 amide bonds. The summed E-state index contributed by atoms with van der Waals surface area (Å²) < 4.78 is 2.54. The molecule has 10 aromatic rings. The van der Waals surface area contributed by atoms with Crippen molar-refractivity contribution >= 4 is 42.4 Å². The highest BCUT2D eigenvalue weighted by Gasteiger charge is 2.35. The van der Waals surface area contributed by atoms with Gasteiger partial charge in [0.25, 0.3) is 0 Å². The number of nitrogens with zero attached hydrogens (tertiary/aromatic N) is 3. The normalized spacial score (nSPS) is 13.0. The quantitative estimate of drug-likeness (QED) is 0.177. The summed E-state index contributed by atoms with van der Waals surface area (Å²) in [6.07, 6.45) is 0. The Bertz CT molecular complexity index is 3140. The molecule has 7 aromatic carbocycles. The van der Waals surface area contributed by atoms with Crippen LogP contribution in [0.3, 0.4) is 0 Å². The Kier molecular flexibility index (Phi) is 7.38. The van der Waals surface area contributed by atoms with E-state index >= 15 is 0 Å². The third-order valence-corrected chi connectivity index (χ3v) is 12.7. The Morgan fingerprint density at radius 2 is 1.05 bits per heavy atom. The van der Waals surface area contributed by atoms with Crippen LogP contribution in [0, 0.1) is 0 Å². The van der Waals surface area contributed by atoms with Gasteiger partial charge < -0.3 is 0 Å². The summed E-state index contributed by atoms with van der Waals surface area (Å²) in [6.45, 7) is 4.65. The number of thiophene rings is 1. The second-order valence-corrected chi connectivity index (χ2v) is 16.2. The maximum absolute atomic E-state index is 5.23. The number of pyridine rings is 1. The van der Waals surface area contributed by atoms with E-state index in [2.05, 4.69) is 172 Å². The molecule has 4 heteroatoms. The molecule has 0 radical (unpaired) electrons. The van der Waals surface area contributed by atoms with Gasteiger partial charge in [-0.2, -0.15) is 0 Å². The van der Waals surface area contributed by atoms with E-state index in [1.165, 1.54) is 53.4 Å². The van der Waals surface area contributed by atoms with Crippen molar-refractivity contribution in [3.63, 3.8) is 0 Å². The summed E-state index contributed by atoms with van der Waals surface area (Å²) in [5, 5.41) is 3.65. The smallest absolute Gasteiger partial charge is 0.160 e. The van der Waals surface area contributed by atoms with E-state index in [0.717, 1.165) is 56.2 Å². The van der Waals surface area contributed by atoms with Gasteiger partial charge in [-0.25, -0.2) is 15.0 Å². The molecule has 3 heterocycles. The number of rotatable bonds is 5. The standard InChI is InChI=1S/C52H35N3S/c1-52(2)42-19-11-9-17-38(42)39-27-25-37(30-43(39)52)46-31-45(54-51(55-46)35-15-7-4-8-16-35)33-23-21-32(22-24-33)36-26-28-47-41(29-36)48-49(34-13-5-3-6-14-34)53-44-20-12-10-18-40(44)50(48)56-47/h3-31H,1-2H3. The maximum atomic E-state index is 5.23. The highest BCUT2D eigenvalue weighted by Crippen LogP contribution is 2.50. The van der Waals surface area contributed by atoms with E-state index in [-0.39, 0.29) is 5.41 Å². The Morgan fingerprint density at radius 1 is 0.429 bits per heavy atom. The van der Waals surface area contributed by atoms with Gasteiger partial charge >= 0.3 is 0 Å².